The minimum Gasteiger partial charge on any atom is -0.292 e. The van der Waals surface area contributed by atoms with Crippen LogP contribution in [0.1, 0.15) is 21.8 Å². The third-order valence-corrected chi connectivity index (χ3v) is 3.17. The summed E-state index contributed by atoms with van der Waals surface area (Å²) in [6.45, 7) is 0. The maximum absolute atomic E-state index is 13.7. The lowest BCUT2D eigenvalue weighted by molar-refractivity contribution is 0.0973. The van der Waals surface area contributed by atoms with Gasteiger partial charge in [0, 0.05) is 5.56 Å². The van der Waals surface area contributed by atoms with E-state index in [1.807, 2.05) is 0 Å². The second-order valence-electron chi connectivity index (χ2n) is 4.19. The van der Waals surface area contributed by atoms with Crippen LogP contribution >= 0.6 is 11.6 Å². The lowest BCUT2D eigenvalue weighted by Crippen LogP contribution is -2.14. The van der Waals surface area contributed by atoms with Crippen molar-refractivity contribution in [3.05, 3.63) is 70.0 Å². The van der Waals surface area contributed by atoms with Gasteiger partial charge in [-0.15, -0.1) is 0 Å². The minimum absolute atomic E-state index is 0.195. The van der Waals surface area contributed by atoms with Crippen molar-refractivity contribution >= 4 is 17.4 Å². The van der Waals surface area contributed by atoms with Crippen LogP contribution in [0.25, 0.3) is 0 Å². The van der Waals surface area contributed by atoms with Gasteiger partial charge < -0.3 is 0 Å². The average molecular weight is 310 g/mol. The number of hydrogen-bond donors (Lipinski definition) is 0. The molecule has 0 bridgehead atoms. The van der Waals surface area contributed by atoms with Crippen LogP contribution in [0, 0.1) is 28.8 Å². The molecule has 2 aromatic rings. The summed E-state index contributed by atoms with van der Waals surface area (Å²) in [6.07, 6.45) is 0. The molecule has 2 rings (SSSR count). The number of nitrogens with zero attached hydrogens (tertiary/aromatic N) is 1. The van der Waals surface area contributed by atoms with E-state index < -0.39 is 39.7 Å². The number of carbonyl (C=O) groups excluding carboxylic acids is 1. The van der Waals surface area contributed by atoms with E-state index in [1.165, 1.54) is 18.2 Å². The van der Waals surface area contributed by atoms with E-state index in [0.717, 1.165) is 6.07 Å². The zero-order chi connectivity index (χ0) is 15.6. The Morgan fingerprint density at radius 3 is 2.38 bits per heavy atom. The van der Waals surface area contributed by atoms with E-state index in [-0.39, 0.29) is 5.56 Å². The lowest BCUT2D eigenvalue weighted by atomic mass is 9.91. The highest BCUT2D eigenvalue weighted by molar-refractivity contribution is 6.30. The number of rotatable bonds is 3. The first kappa shape index (κ1) is 15.1. The van der Waals surface area contributed by atoms with E-state index in [1.54, 1.807) is 6.07 Å². The van der Waals surface area contributed by atoms with Crippen molar-refractivity contribution in [2.75, 3.05) is 0 Å². The van der Waals surface area contributed by atoms with Crippen molar-refractivity contribution in [2.45, 2.75) is 5.92 Å². The van der Waals surface area contributed by atoms with Gasteiger partial charge in [0.1, 0.15) is 23.4 Å². The largest absolute Gasteiger partial charge is 0.292 e. The van der Waals surface area contributed by atoms with E-state index in [2.05, 4.69) is 0 Å². The Balaban J connectivity index is 2.50. The van der Waals surface area contributed by atoms with Gasteiger partial charge in [-0.3, -0.25) is 4.79 Å². The summed E-state index contributed by atoms with van der Waals surface area (Å²) in [6, 6.07) is 7.99. The maximum atomic E-state index is 13.7. The second kappa shape index (κ2) is 5.98. The van der Waals surface area contributed by atoms with E-state index in [0.29, 0.717) is 12.1 Å². The topological polar surface area (TPSA) is 40.9 Å². The number of nitriles is 1. The fraction of sp³-hybridized carbons (Fsp3) is 0.0667. The van der Waals surface area contributed by atoms with E-state index in [4.69, 9.17) is 16.9 Å². The summed E-state index contributed by atoms with van der Waals surface area (Å²) in [5, 5.41) is 8.59. The number of benzene rings is 2. The normalized spacial score (nSPS) is 11.8. The molecule has 0 spiro atoms. The Kier molecular flexibility index (Phi) is 4.29. The summed E-state index contributed by atoms with van der Waals surface area (Å²) in [4.78, 5) is 12.2. The molecular weight excluding hydrogens is 303 g/mol. The average Bonchev–Trinajstić information content (AvgIpc) is 2.45. The molecule has 0 saturated heterocycles. The third kappa shape index (κ3) is 2.91. The first-order valence-electron chi connectivity index (χ1n) is 5.78. The Bertz CT molecular complexity index is 755. The fourth-order valence-corrected chi connectivity index (χ4v) is 2.00. The fourth-order valence-electron chi connectivity index (χ4n) is 1.85. The van der Waals surface area contributed by atoms with Crippen LogP contribution in [0.4, 0.5) is 13.2 Å². The summed E-state index contributed by atoms with van der Waals surface area (Å²) < 4.78 is 40.7. The van der Waals surface area contributed by atoms with Crippen molar-refractivity contribution in [1.29, 1.82) is 5.26 Å². The molecule has 2 nitrogen and oxygen atoms in total. The highest BCUT2D eigenvalue weighted by Crippen LogP contribution is 2.26. The number of halogens is 4. The molecule has 0 fully saturated rings. The molecule has 0 heterocycles. The predicted octanol–water partition coefficient (Wildman–Crippen LogP) is 4.25. The molecule has 0 aromatic heterocycles. The van der Waals surface area contributed by atoms with Crippen LogP contribution in [0.3, 0.4) is 0 Å². The molecule has 0 saturated carbocycles. The lowest BCUT2D eigenvalue weighted by Gasteiger charge is -2.10. The molecule has 6 heteroatoms. The number of Topliss-reactive ketones (excluding diaryl/α,β-unsaturated/α-hetero) is 1. The molecule has 1 atom stereocenters. The number of hydrogen-bond acceptors (Lipinski definition) is 2. The number of ketones is 1. The zero-order valence-corrected chi connectivity index (χ0v) is 11.2. The van der Waals surface area contributed by atoms with Crippen LogP contribution in [0.15, 0.2) is 36.4 Å². The monoisotopic (exact) mass is 309 g/mol. The van der Waals surface area contributed by atoms with E-state index in [9.17, 15) is 18.0 Å². The van der Waals surface area contributed by atoms with Gasteiger partial charge in [0.25, 0.3) is 0 Å². The van der Waals surface area contributed by atoms with Crippen molar-refractivity contribution in [2.24, 2.45) is 0 Å². The molecule has 106 valence electrons. The van der Waals surface area contributed by atoms with Gasteiger partial charge in [0.05, 0.1) is 16.7 Å². The quantitative estimate of drug-likeness (QED) is 0.628. The first-order chi connectivity index (χ1) is 9.95. The highest BCUT2D eigenvalue weighted by Gasteiger charge is 2.27. The van der Waals surface area contributed by atoms with Crippen LogP contribution in [0.2, 0.25) is 5.02 Å². The smallest absolute Gasteiger partial charge is 0.187 e. The Morgan fingerprint density at radius 2 is 1.76 bits per heavy atom. The maximum Gasteiger partial charge on any atom is 0.187 e. The number of carbonyl (C=O) groups is 1. The summed E-state index contributed by atoms with van der Waals surface area (Å²) >= 11 is 5.39. The van der Waals surface area contributed by atoms with Crippen molar-refractivity contribution in [3.8, 4) is 6.07 Å². The molecule has 2 aromatic carbocycles. The second-order valence-corrected chi connectivity index (χ2v) is 4.60. The first-order valence-corrected chi connectivity index (χ1v) is 6.16. The summed E-state index contributed by atoms with van der Waals surface area (Å²) in [7, 11) is 0. The predicted molar refractivity (Wildman–Crippen MR) is 70.5 cm³/mol. The third-order valence-electron chi connectivity index (χ3n) is 2.88. The van der Waals surface area contributed by atoms with Gasteiger partial charge in [-0.2, -0.15) is 5.26 Å². The Hall–Kier alpha value is -2.32. The Morgan fingerprint density at radius 1 is 1.10 bits per heavy atom. The molecule has 21 heavy (non-hydrogen) atoms. The standard InChI is InChI=1S/C15H7ClF3NO/c16-11-6-13(18)9(5-14(11)19)15(21)10(7-20)8-3-1-2-4-12(8)17/h1-6,10H. The SMILES string of the molecule is N#CC(C(=O)c1cc(F)c(Cl)cc1F)c1ccccc1F. The highest BCUT2D eigenvalue weighted by atomic mass is 35.5. The molecular formula is C15H7ClF3NO. The molecule has 0 N–H and O–H groups in total. The zero-order valence-electron chi connectivity index (χ0n) is 10.4. The van der Waals surface area contributed by atoms with Gasteiger partial charge in [-0.25, -0.2) is 13.2 Å². The van der Waals surface area contributed by atoms with Crippen LogP contribution < -0.4 is 0 Å². The van der Waals surface area contributed by atoms with Crippen molar-refractivity contribution < 1.29 is 18.0 Å². The van der Waals surface area contributed by atoms with Gasteiger partial charge in [-0.05, 0) is 18.2 Å². The molecule has 1 unspecified atom stereocenters. The Labute approximate surface area is 123 Å². The molecule has 0 aliphatic rings. The van der Waals surface area contributed by atoms with Crippen molar-refractivity contribution in [3.63, 3.8) is 0 Å². The van der Waals surface area contributed by atoms with Gasteiger partial charge >= 0.3 is 0 Å². The van der Waals surface area contributed by atoms with Crippen LogP contribution in [0.5, 0.6) is 0 Å². The van der Waals surface area contributed by atoms with Gasteiger partial charge in [0.15, 0.2) is 5.78 Å². The minimum atomic E-state index is -1.57. The van der Waals surface area contributed by atoms with Gasteiger partial charge in [0.2, 0.25) is 0 Å². The molecule has 0 aliphatic heterocycles. The van der Waals surface area contributed by atoms with Gasteiger partial charge in [-0.1, -0.05) is 29.8 Å². The van der Waals surface area contributed by atoms with Crippen LogP contribution in [-0.4, -0.2) is 5.78 Å². The molecule has 0 radical (unpaired) electrons. The van der Waals surface area contributed by atoms with Crippen molar-refractivity contribution in [1.82, 2.24) is 0 Å². The summed E-state index contributed by atoms with van der Waals surface area (Å²) in [5.74, 6) is -5.43. The van der Waals surface area contributed by atoms with Crippen LogP contribution in [-0.2, 0) is 0 Å². The van der Waals surface area contributed by atoms with E-state index >= 15 is 0 Å². The summed E-state index contributed by atoms with van der Waals surface area (Å²) in [5.41, 5.74) is -0.841. The molecule has 0 aliphatic carbocycles. The molecule has 0 amide bonds.